The highest BCUT2D eigenvalue weighted by Gasteiger charge is 2.37. The van der Waals surface area contributed by atoms with Gasteiger partial charge >= 0.3 is 6.03 Å². The van der Waals surface area contributed by atoms with Crippen molar-refractivity contribution in [2.45, 2.75) is 6.92 Å². The molecule has 1 saturated heterocycles. The van der Waals surface area contributed by atoms with E-state index >= 15 is 0 Å². The number of carbonyl (C=O) groups excluding carboxylic acids is 3. The van der Waals surface area contributed by atoms with Crippen molar-refractivity contribution in [2.24, 2.45) is 0 Å². The van der Waals surface area contributed by atoms with E-state index in [9.17, 15) is 14.4 Å². The number of hydrogen-bond donors (Lipinski definition) is 1. The number of aryl methyl sites for hydroxylation is 1. The van der Waals surface area contributed by atoms with E-state index in [-0.39, 0.29) is 5.57 Å². The van der Waals surface area contributed by atoms with E-state index in [1.54, 1.807) is 18.2 Å². The van der Waals surface area contributed by atoms with Crippen LogP contribution in [0.15, 0.2) is 121 Å². The number of hydrogen-bond acceptors (Lipinski definition) is 3. The molecule has 0 saturated carbocycles. The molecule has 4 amide bonds. The molecule has 6 nitrogen and oxygen atoms in total. The fraction of sp³-hybridized carbons (Fsp3) is 0.0294. The maximum absolute atomic E-state index is 13.8. The van der Waals surface area contributed by atoms with Gasteiger partial charge in [0.05, 0.1) is 17.1 Å². The van der Waals surface area contributed by atoms with Crippen LogP contribution in [0.3, 0.4) is 0 Å². The van der Waals surface area contributed by atoms with Gasteiger partial charge in [0.2, 0.25) is 0 Å². The van der Waals surface area contributed by atoms with Gasteiger partial charge in [0.1, 0.15) is 5.57 Å². The lowest BCUT2D eigenvalue weighted by molar-refractivity contribution is -0.122. The van der Waals surface area contributed by atoms with Crippen LogP contribution in [-0.4, -0.2) is 22.4 Å². The molecule has 1 N–H and O–H groups in total. The Morgan fingerprint density at radius 2 is 1.34 bits per heavy atom. The summed E-state index contributed by atoms with van der Waals surface area (Å²) in [6, 6.07) is 35.3. The third kappa shape index (κ3) is 4.86. The zero-order chi connectivity index (χ0) is 28.5. The molecule has 41 heavy (non-hydrogen) atoms. The van der Waals surface area contributed by atoms with Crippen molar-refractivity contribution in [3.8, 4) is 28.2 Å². The zero-order valence-corrected chi connectivity index (χ0v) is 22.8. The van der Waals surface area contributed by atoms with E-state index in [1.807, 2.05) is 110 Å². The quantitative estimate of drug-likeness (QED) is 0.180. The van der Waals surface area contributed by atoms with Gasteiger partial charge in [0, 0.05) is 16.3 Å². The number of carbonyl (C=O) groups is 3. The largest absolute Gasteiger partial charge is 0.335 e. The number of benzene rings is 4. The highest BCUT2D eigenvalue weighted by Crippen LogP contribution is 2.38. The minimum absolute atomic E-state index is 0.141. The number of barbiturate groups is 1. The molecule has 1 aliphatic heterocycles. The van der Waals surface area contributed by atoms with Crippen LogP contribution in [0.4, 0.5) is 10.5 Å². The Morgan fingerprint density at radius 1 is 0.732 bits per heavy atom. The van der Waals surface area contributed by atoms with Gasteiger partial charge in [0.25, 0.3) is 11.8 Å². The fourth-order valence-electron chi connectivity index (χ4n) is 5.06. The van der Waals surface area contributed by atoms with Gasteiger partial charge in [-0.2, -0.15) is 0 Å². The lowest BCUT2D eigenvalue weighted by Gasteiger charge is -2.27. The highest BCUT2D eigenvalue weighted by molar-refractivity contribution is 6.39. The molecule has 5 aromatic rings. The third-order valence-corrected chi connectivity index (χ3v) is 7.24. The molecule has 2 heterocycles. The van der Waals surface area contributed by atoms with Gasteiger partial charge in [-0.1, -0.05) is 90.5 Å². The summed E-state index contributed by atoms with van der Waals surface area (Å²) in [6.45, 7) is 1.81. The lowest BCUT2D eigenvalue weighted by Crippen LogP contribution is -2.54. The van der Waals surface area contributed by atoms with Gasteiger partial charge in [-0.3, -0.25) is 14.9 Å². The van der Waals surface area contributed by atoms with Crippen LogP contribution in [0.25, 0.3) is 34.3 Å². The SMILES string of the molecule is Cc1ccccc1N1C(=O)NC(=O)/C(=C/c2cc(-c3ccccc3)n(-c3ccc(Cl)cc3)c2-c2ccccc2)C1=O. The number of aromatic nitrogens is 1. The van der Waals surface area contributed by atoms with Crippen molar-refractivity contribution in [1.82, 2.24) is 9.88 Å². The molecule has 0 spiro atoms. The van der Waals surface area contributed by atoms with E-state index in [0.29, 0.717) is 16.3 Å². The second kappa shape index (κ2) is 10.8. The fourth-order valence-corrected chi connectivity index (χ4v) is 5.18. The van der Waals surface area contributed by atoms with Gasteiger partial charge in [0.15, 0.2) is 0 Å². The van der Waals surface area contributed by atoms with Crippen LogP contribution in [0.1, 0.15) is 11.1 Å². The molecule has 0 unspecified atom stereocenters. The molecule has 0 atom stereocenters. The Labute approximate surface area is 242 Å². The van der Waals surface area contributed by atoms with Crippen LogP contribution >= 0.6 is 11.6 Å². The molecule has 1 fully saturated rings. The van der Waals surface area contributed by atoms with E-state index in [1.165, 1.54) is 0 Å². The normalized spacial score (nSPS) is 14.4. The van der Waals surface area contributed by atoms with Crippen molar-refractivity contribution in [3.63, 3.8) is 0 Å². The Kier molecular flexibility index (Phi) is 6.83. The number of rotatable bonds is 5. The average molecular weight is 558 g/mol. The van der Waals surface area contributed by atoms with Gasteiger partial charge in [-0.15, -0.1) is 0 Å². The number of urea groups is 1. The highest BCUT2D eigenvalue weighted by atomic mass is 35.5. The molecule has 1 aromatic heterocycles. The van der Waals surface area contributed by atoms with Gasteiger partial charge < -0.3 is 4.57 Å². The molecule has 0 aliphatic carbocycles. The molecule has 7 heteroatoms. The summed E-state index contributed by atoms with van der Waals surface area (Å²) >= 11 is 6.23. The predicted octanol–water partition coefficient (Wildman–Crippen LogP) is 7.44. The summed E-state index contributed by atoms with van der Waals surface area (Å²) in [5.74, 6) is -1.43. The molecule has 200 valence electrons. The molecule has 4 aromatic carbocycles. The van der Waals surface area contributed by atoms with E-state index < -0.39 is 17.8 Å². The minimum atomic E-state index is -0.779. The van der Waals surface area contributed by atoms with Crippen LogP contribution in [0, 0.1) is 6.92 Å². The second-order valence-electron chi connectivity index (χ2n) is 9.62. The first kappa shape index (κ1) is 26.0. The standard InChI is InChI=1S/C34H24ClN3O3/c1-22-10-8-9-15-29(22)38-33(40)28(32(39)36-34(38)41)20-25-21-30(23-11-4-2-5-12-23)37(27-18-16-26(35)17-19-27)31(25)24-13-6-3-7-14-24/h2-21H,1H3,(H,36,39,41)/b28-20-. The molecule has 0 bridgehead atoms. The lowest BCUT2D eigenvalue weighted by atomic mass is 10.0. The Hall–Kier alpha value is -5.20. The summed E-state index contributed by atoms with van der Waals surface area (Å²) in [6.07, 6.45) is 1.57. The number of imide groups is 2. The molecular formula is C34H24ClN3O3. The second-order valence-corrected chi connectivity index (χ2v) is 10.1. The van der Waals surface area contributed by atoms with Crippen molar-refractivity contribution < 1.29 is 14.4 Å². The van der Waals surface area contributed by atoms with E-state index in [4.69, 9.17) is 11.6 Å². The minimum Gasteiger partial charge on any atom is -0.309 e. The maximum atomic E-state index is 13.8. The first-order valence-electron chi connectivity index (χ1n) is 13.0. The van der Waals surface area contributed by atoms with Crippen molar-refractivity contribution >= 4 is 41.2 Å². The summed E-state index contributed by atoms with van der Waals surface area (Å²) in [5.41, 5.74) is 5.96. The van der Waals surface area contributed by atoms with Crippen LogP contribution in [0.2, 0.25) is 5.02 Å². The number of nitrogens with zero attached hydrogens (tertiary/aromatic N) is 2. The van der Waals surface area contributed by atoms with Crippen LogP contribution in [-0.2, 0) is 9.59 Å². The van der Waals surface area contributed by atoms with Crippen molar-refractivity contribution in [1.29, 1.82) is 0 Å². The zero-order valence-electron chi connectivity index (χ0n) is 22.0. The Morgan fingerprint density at radius 3 is 2.00 bits per heavy atom. The van der Waals surface area contributed by atoms with Gasteiger partial charge in [-0.05, 0) is 66.1 Å². The third-order valence-electron chi connectivity index (χ3n) is 6.99. The maximum Gasteiger partial charge on any atom is 0.335 e. The summed E-state index contributed by atoms with van der Waals surface area (Å²) in [7, 11) is 0. The van der Waals surface area contributed by atoms with Crippen molar-refractivity contribution in [3.05, 3.63) is 137 Å². The Bertz CT molecular complexity index is 1820. The summed E-state index contributed by atoms with van der Waals surface area (Å²) in [5, 5.41) is 2.95. The summed E-state index contributed by atoms with van der Waals surface area (Å²) in [4.78, 5) is 40.8. The number of halogens is 1. The molecular weight excluding hydrogens is 534 g/mol. The first-order valence-corrected chi connectivity index (χ1v) is 13.4. The summed E-state index contributed by atoms with van der Waals surface area (Å²) < 4.78 is 2.09. The smallest absolute Gasteiger partial charge is 0.309 e. The van der Waals surface area contributed by atoms with Crippen LogP contribution < -0.4 is 10.2 Å². The van der Waals surface area contributed by atoms with Crippen LogP contribution in [0.5, 0.6) is 0 Å². The molecule has 0 radical (unpaired) electrons. The van der Waals surface area contributed by atoms with E-state index in [0.717, 1.165) is 38.7 Å². The number of amides is 4. The monoisotopic (exact) mass is 557 g/mol. The number of para-hydroxylation sites is 1. The Balaban J connectivity index is 1.61. The topological polar surface area (TPSA) is 71.4 Å². The van der Waals surface area contributed by atoms with E-state index in [2.05, 4.69) is 9.88 Å². The number of anilines is 1. The predicted molar refractivity (Wildman–Crippen MR) is 162 cm³/mol. The average Bonchev–Trinajstić information content (AvgIpc) is 3.36. The number of nitrogens with one attached hydrogen (secondary N) is 1. The molecule has 6 rings (SSSR count). The first-order chi connectivity index (χ1) is 19.9. The van der Waals surface area contributed by atoms with Crippen molar-refractivity contribution in [2.75, 3.05) is 4.90 Å². The molecule has 1 aliphatic rings. The van der Waals surface area contributed by atoms with Gasteiger partial charge in [-0.25, -0.2) is 9.69 Å².